The van der Waals surface area contributed by atoms with Crippen molar-refractivity contribution in [1.82, 2.24) is 25.1 Å². The molecule has 0 bridgehead atoms. The average Bonchev–Trinajstić information content (AvgIpc) is 2.79. The summed E-state index contributed by atoms with van der Waals surface area (Å²) in [5, 5.41) is 9.38. The van der Waals surface area contributed by atoms with Crippen molar-refractivity contribution >= 4 is 23.7 Å². The predicted octanol–water partition coefficient (Wildman–Crippen LogP) is 0.673. The van der Waals surface area contributed by atoms with Crippen LogP contribution in [-0.4, -0.2) is 31.4 Å². The number of hydrogen-bond donors (Lipinski definition) is 2. The van der Waals surface area contributed by atoms with Gasteiger partial charge in [0.15, 0.2) is 6.29 Å². The quantitative estimate of drug-likeness (QED) is 0.600. The minimum atomic E-state index is 0.116. The van der Waals surface area contributed by atoms with Gasteiger partial charge in [0.2, 0.25) is 0 Å². The Bertz CT molecular complexity index is 485. The monoisotopic (exact) mass is 238 g/mol. The van der Waals surface area contributed by atoms with E-state index < -0.39 is 0 Å². The van der Waals surface area contributed by atoms with Gasteiger partial charge in [-0.05, 0) is 0 Å². The van der Waals surface area contributed by atoms with Crippen LogP contribution in [-0.2, 0) is 6.54 Å². The standard InChI is InChI=1S/C8H7ClN6O/c9-7-5(2-16)8(13-3-12-7)10-1-6-11-4-14-15-6/h2-4H,1H2,(H,10,12,13)(H,11,14,15). The van der Waals surface area contributed by atoms with E-state index in [1.807, 2.05) is 0 Å². The highest BCUT2D eigenvalue weighted by Gasteiger charge is 2.08. The molecule has 0 unspecified atom stereocenters. The molecule has 2 N–H and O–H groups in total. The number of halogens is 1. The molecule has 2 aromatic heterocycles. The Kier molecular flexibility index (Phi) is 3.06. The van der Waals surface area contributed by atoms with Crippen molar-refractivity contribution in [3.05, 3.63) is 29.2 Å². The molecule has 0 saturated carbocycles. The van der Waals surface area contributed by atoms with E-state index in [0.29, 0.717) is 24.5 Å². The zero-order valence-electron chi connectivity index (χ0n) is 8.01. The molecule has 0 atom stereocenters. The van der Waals surface area contributed by atoms with E-state index in [1.54, 1.807) is 0 Å². The second kappa shape index (κ2) is 4.67. The van der Waals surface area contributed by atoms with Crippen LogP contribution in [0, 0.1) is 0 Å². The van der Waals surface area contributed by atoms with Gasteiger partial charge in [-0.15, -0.1) is 0 Å². The number of carbonyl (C=O) groups excluding carboxylic acids is 1. The van der Waals surface area contributed by atoms with Crippen LogP contribution in [0.2, 0.25) is 5.15 Å². The molecule has 0 radical (unpaired) electrons. The number of rotatable bonds is 4. The molecule has 0 fully saturated rings. The third kappa shape index (κ3) is 2.14. The van der Waals surface area contributed by atoms with Gasteiger partial charge in [0.25, 0.3) is 0 Å². The van der Waals surface area contributed by atoms with E-state index in [1.165, 1.54) is 12.7 Å². The maximum atomic E-state index is 10.8. The third-order valence-electron chi connectivity index (χ3n) is 1.84. The van der Waals surface area contributed by atoms with E-state index in [4.69, 9.17) is 11.6 Å². The Hall–Kier alpha value is -2.02. The first kappa shape index (κ1) is 10.5. The second-order valence-electron chi connectivity index (χ2n) is 2.83. The zero-order chi connectivity index (χ0) is 11.4. The van der Waals surface area contributed by atoms with Crippen LogP contribution in [0.5, 0.6) is 0 Å². The van der Waals surface area contributed by atoms with Crippen LogP contribution in [0.3, 0.4) is 0 Å². The summed E-state index contributed by atoms with van der Waals surface area (Å²) in [6.07, 6.45) is 3.27. The fourth-order valence-corrected chi connectivity index (χ4v) is 1.28. The van der Waals surface area contributed by atoms with E-state index in [2.05, 4.69) is 30.5 Å². The number of aromatic nitrogens is 5. The summed E-state index contributed by atoms with van der Waals surface area (Å²) < 4.78 is 0. The van der Waals surface area contributed by atoms with Gasteiger partial charge in [0.1, 0.15) is 29.5 Å². The van der Waals surface area contributed by atoms with Crippen molar-refractivity contribution < 1.29 is 4.79 Å². The minimum absolute atomic E-state index is 0.116. The molecule has 16 heavy (non-hydrogen) atoms. The number of nitrogens with one attached hydrogen (secondary N) is 2. The number of carbonyl (C=O) groups is 1. The largest absolute Gasteiger partial charge is 0.362 e. The summed E-state index contributed by atoms with van der Waals surface area (Å²) in [4.78, 5) is 22.3. The Morgan fingerprint density at radius 3 is 2.94 bits per heavy atom. The Morgan fingerprint density at radius 2 is 2.25 bits per heavy atom. The molecule has 0 aromatic carbocycles. The van der Waals surface area contributed by atoms with Gasteiger partial charge in [-0.3, -0.25) is 9.89 Å². The van der Waals surface area contributed by atoms with Crippen molar-refractivity contribution in [2.75, 3.05) is 5.32 Å². The average molecular weight is 239 g/mol. The van der Waals surface area contributed by atoms with E-state index >= 15 is 0 Å². The lowest BCUT2D eigenvalue weighted by Gasteiger charge is -2.05. The lowest BCUT2D eigenvalue weighted by molar-refractivity contribution is 0.112. The van der Waals surface area contributed by atoms with Gasteiger partial charge in [-0.25, -0.2) is 15.0 Å². The number of nitrogens with zero attached hydrogens (tertiary/aromatic N) is 4. The van der Waals surface area contributed by atoms with Crippen molar-refractivity contribution in [2.24, 2.45) is 0 Å². The molecule has 82 valence electrons. The molecule has 2 heterocycles. The maximum Gasteiger partial charge on any atom is 0.156 e. The first-order valence-corrected chi connectivity index (χ1v) is 4.73. The first-order chi connectivity index (χ1) is 7.81. The summed E-state index contributed by atoms with van der Waals surface area (Å²) in [5.74, 6) is 0.998. The van der Waals surface area contributed by atoms with Gasteiger partial charge < -0.3 is 5.32 Å². The van der Waals surface area contributed by atoms with E-state index in [-0.39, 0.29) is 10.7 Å². The fraction of sp³-hybridized carbons (Fsp3) is 0.125. The lowest BCUT2D eigenvalue weighted by atomic mass is 10.3. The van der Waals surface area contributed by atoms with Crippen LogP contribution < -0.4 is 5.32 Å². The topological polar surface area (TPSA) is 96.5 Å². The smallest absolute Gasteiger partial charge is 0.156 e. The summed E-state index contributed by atoms with van der Waals surface area (Å²) >= 11 is 5.73. The predicted molar refractivity (Wildman–Crippen MR) is 56.1 cm³/mol. The molecule has 0 aliphatic carbocycles. The fourth-order valence-electron chi connectivity index (χ4n) is 1.10. The van der Waals surface area contributed by atoms with Crippen LogP contribution in [0.25, 0.3) is 0 Å². The van der Waals surface area contributed by atoms with Crippen molar-refractivity contribution in [2.45, 2.75) is 6.54 Å². The zero-order valence-corrected chi connectivity index (χ0v) is 8.77. The van der Waals surface area contributed by atoms with Crippen LogP contribution >= 0.6 is 11.6 Å². The number of aromatic amines is 1. The number of hydrogen-bond acceptors (Lipinski definition) is 6. The molecular formula is C8H7ClN6O. The van der Waals surface area contributed by atoms with Gasteiger partial charge in [-0.1, -0.05) is 11.6 Å². The SMILES string of the molecule is O=Cc1c(Cl)ncnc1NCc1ncn[nH]1. The highest BCUT2D eigenvalue weighted by Crippen LogP contribution is 2.17. The minimum Gasteiger partial charge on any atom is -0.362 e. The van der Waals surface area contributed by atoms with E-state index in [9.17, 15) is 4.79 Å². The molecule has 0 saturated heterocycles. The molecule has 8 heteroatoms. The number of H-pyrrole nitrogens is 1. The highest BCUT2D eigenvalue weighted by molar-refractivity contribution is 6.32. The molecule has 0 aliphatic rings. The summed E-state index contributed by atoms with van der Waals surface area (Å²) in [5.41, 5.74) is 0.226. The van der Waals surface area contributed by atoms with Gasteiger partial charge >= 0.3 is 0 Å². The normalized spacial score (nSPS) is 10.1. The van der Waals surface area contributed by atoms with Crippen molar-refractivity contribution in [3.8, 4) is 0 Å². The van der Waals surface area contributed by atoms with Gasteiger partial charge in [-0.2, -0.15) is 5.10 Å². The lowest BCUT2D eigenvalue weighted by Crippen LogP contribution is -2.06. The molecular weight excluding hydrogens is 232 g/mol. The molecule has 2 rings (SSSR count). The van der Waals surface area contributed by atoms with Crippen LogP contribution in [0.4, 0.5) is 5.82 Å². The molecule has 0 amide bonds. The summed E-state index contributed by atoms with van der Waals surface area (Å²) in [7, 11) is 0. The van der Waals surface area contributed by atoms with Crippen LogP contribution in [0.1, 0.15) is 16.2 Å². The maximum absolute atomic E-state index is 10.8. The highest BCUT2D eigenvalue weighted by atomic mass is 35.5. The molecule has 2 aromatic rings. The summed E-state index contributed by atoms with van der Waals surface area (Å²) in [6.45, 7) is 0.369. The molecule has 0 spiro atoms. The van der Waals surface area contributed by atoms with Crippen LogP contribution in [0.15, 0.2) is 12.7 Å². The van der Waals surface area contributed by atoms with Gasteiger partial charge in [0, 0.05) is 0 Å². The number of anilines is 1. The van der Waals surface area contributed by atoms with E-state index in [0.717, 1.165) is 0 Å². The van der Waals surface area contributed by atoms with Crippen molar-refractivity contribution in [3.63, 3.8) is 0 Å². The Morgan fingerprint density at radius 1 is 1.38 bits per heavy atom. The summed E-state index contributed by atoms with van der Waals surface area (Å²) in [6, 6.07) is 0. The second-order valence-corrected chi connectivity index (χ2v) is 3.19. The molecule has 0 aliphatic heterocycles. The van der Waals surface area contributed by atoms with Gasteiger partial charge in [0.05, 0.1) is 12.1 Å². The molecule has 7 nitrogen and oxygen atoms in total. The first-order valence-electron chi connectivity index (χ1n) is 4.35. The number of aldehydes is 1. The van der Waals surface area contributed by atoms with Crippen molar-refractivity contribution in [1.29, 1.82) is 0 Å². The third-order valence-corrected chi connectivity index (χ3v) is 2.14. The Balaban J connectivity index is 2.15. The Labute approximate surface area is 95.3 Å².